The molecule has 0 saturated carbocycles. The highest BCUT2D eigenvalue weighted by molar-refractivity contribution is 5.78. The van der Waals surface area contributed by atoms with Crippen molar-refractivity contribution in [2.75, 3.05) is 5.73 Å². The van der Waals surface area contributed by atoms with Crippen LogP contribution in [0.2, 0.25) is 0 Å². The second-order valence-corrected chi connectivity index (χ2v) is 2.47. The number of aromatic amines is 1. The minimum atomic E-state index is 0.375. The van der Waals surface area contributed by atoms with Crippen molar-refractivity contribution in [3.05, 3.63) is 23.8 Å². The van der Waals surface area contributed by atoms with Crippen LogP contribution in [0.5, 0.6) is 0 Å². The van der Waals surface area contributed by atoms with Crippen molar-refractivity contribution in [1.82, 2.24) is 9.97 Å². The van der Waals surface area contributed by atoms with E-state index in [0.29, 0.717) is 11.5 Å². The smallest absolute Gasteiger partial charge is 0.198 e. The molecule has 0 spiro atoms. The summed E-state index contributed by atoms with van der Waals surface area (Å²) in [6.07, 6.45) is 0. The third-order valence-electron chi connectivity index (χ3n) is 1.63. The third-order valence-corrected chi connectivity index (χ3v) is 1.63. The number of benzene rings is 1. The van der Waals surface area contributed by atoms with Crippen LogP contribution in [-0.4, -0.2) is 9.97 Å². The Balaban J connectivity index is 2.77. The molecule has 1 aromatic carbocycles. The van der Waals surface area contributed by atoms with Gasteiger partial charge in [0.15, 0.2) is 5.95 Å². The van der Waals surface area contributed by atoms with Gasteiger partial charge < -0.3 is 10.7 Å². The number of hydrogen-bond donors (Lipinski definition) is 2. The molecule has 0 amide bonds. The van der Waals surface area contributed by atoms with E-state index < -0.39 is 0 Å². The van der Waals surface area contributed by atoms with Crippen molar-refractivity contribution in [3.8, 4) is 6.07 Å². The lowest BCUT2D eigenvalue weighted by Crippen LogP contribution is -1.84. The summed E-state index contributed by atoms with van der Waals surface area (Å²) in [6, 6.07) is 7.24. The second-order valence-electron chi connectivity index (χ2n) is 2.47. The number of nitrogens with zero attached hydrogens (tertiary/aromatic N) is 2. The summed E-state index contributed by atoms with van der Waals surface area (Å²) in [5.74, 6) is 0.375. The Morgan fingerprint density at radius 3 is 3.08 bits per heavy atom. The fourth-order valence-electron chi connectivity index (χ4n) is 1.10. The summed E-state index contributed by atoms with van der Waals surface area (Å²) in [6.45, 7) is 0. The Labute approximate surface area is 68.6 Å². The molecule has 0 saturated heterocycles. The first-order valence-electron chi connectivity index (χ1n) is 3.45. The van der Waals surface area contributed by atoms with Crippen molar-refractivity contribution in [2.45, 2.75) is 0 Å². The van der Waals surface area contributed by atoms with Crippen molar-refractivity contribution in [1.29, 1.82) is 5.26 Å². The average Bonchev–Trinajstić information content (AvgIpc) is 2.43. The summed E-state index contributed by atoms with van der Waals surface area (Å²) >= 11 is 0. The van der Waals surface area contributed by atoms with Gasteiger partial charge in [-0.3, -0.25) is 0 Å². The molecule has 0 radical (unpaired) electrons. The summed E-state index contributed by atoms with van der Waals surface area (Å²) in [4.78, 5) is 6.85. The van der Waals surface area contributed by atoms with Gasteiger partial charge in [-0.25, -0.2) is 4.98 Å². The number of anilines is 1. The number of imidazole rings is 1. The predicted octanol–water partition coefficient (Wildman–Crippen LogP) is 1.02. The zero-order valence-corrected chi connectivity index (χ0v) is 6.20. The van der Waals surface area contributed by atoms with Crippen molar-refractivity contribution in [2.24, 2.45) is 0 Å². The van der Waals surface area contributed by atoms with E-state index in [4.69, 9.17) is 11.0 Å². The number of fused-ring (bicyclic) bond motifs is 1. The highest BCUT2D eigenvalue weighted by Crippen LogP contribution is 2.13. The zero-order chi connectivity index (χ0) is 8.55. The molecule has 0 aliphatic heterocycles. The Morgan fingerprint density at radius 1 is 1.50 bits per heavy atom. The van der Waals surface area contributed by atoms with Gasteiger partial charge in [-0.2, -0.15) is 5.26 Å². The quantitative estimate of drug-likeness (QED) is 0.600. The van der Waals surface area contributed by atoms with Gasteiger partial charge in [0.25, 0.3) is 0 Å². The maximum absolute atomic E-state index is 8.59. The first-order valence-corrected chi connectivity index (χ1v) is 3.45. The van der Waals surface area contributed by atoms with Crippen LogP contribution in [0, 0.1) is 11.3 Å². The van der Waals surface area contributed by atoms with E-state index in [1.165, 1.54) is 0 Å². The molecule has 0 aliphatic carbocycles. The molecule has 0 unspecified atom stereocenters. The van der Waals surface area contributed by atoms with Crippen LogP contribution in [-0.2, 0) is 0 Å². The van der Waals surface area contributed by atoms with Crippen LogP contribution in [0.1, 0.15) is 5.56 Å². The van der Waals surface area contributed by atoms with Crippen molar-refractivity contribution >= 4 is 17.0 Å². The minimum absolute atomic E-state index is 0.375. The lowest BCUT2D eigenvalue weighted by Gasteiger charge is -1.86. The topological polar surface area (TPSA) is 78.5 Å². The first-order chi connectivity index (χ1) is 5.79. The minimum Gasteiger partial charge on any atom is -0.369 e. The summed E-state index contributed by atoms with van der Waals surface area (Å²) < 4.78 is 0. The number of rotatable bonds is 0. The average molecular weight is 158 g/mol. The van der Waals surface area contributed by atoms with Gasteiger partial charge in [-0.1, -0.05) is 0 Å². The maximum Gasteiger partial charge on any atom is 0.198 e. The van der Waals surface area contributed by atoms with Crippen LogP contribution in [0.3, 0.4) is 0 Å². The van der Waals surface area contributed by atoms with Crippen molar-refractivity contribution < 1.29 is 0 Å². The molecule has 0 bridgehead atoms. The Hall–Kier alpha value is -2.02. The summed E-state index contributed by atoms with van der Waals surface area (Å²) in [5, 5.41) is 8.59. The van der Waals surface area contributed by atoms with E-state index in [9.17, 15) is 0 Å². The van der Waals surface area contributed by atoms with Gasteiger partial charge in [-0.05, 0) is 18.2 Å². The fourth-order valence-corrected chi connectivity index (χ4v) is 1.10. The molecule has 1 aromatic heterocycles. The molecule has 4 heteroatoms. The van der Waals surface area contributed by atoms with Crippen LogP contribution in [0.15, 0.2) is 18.2 Å². The molecule has 58 valence electrons. The van der Waals surface area contributed by atoms with Crippen LogP contribution in [0.4, 0.5) is 5.95 Å². The molecular formula is C8H6N4. The summed E-state index contributed by atoms with van der Waals surface area (Å²) in [5.41, 5.74) is 7.62. The Kier molecular flexibility index (Phi) is 1.25. The van der Waals surface area contributed by atoms with E-state index in [2.05, 4.69) is 9.97 Å². The number of H-pyrrole nitrogens is 1. The molecule has 0 fully saturated rings. The fraction of sp³-hybridized carbons (Fsp3) is 0. The molecule has 2 rings (SSSR count). The Bertz CT molecular complexity index is 463. The first kappa shape index (κ1) is 6.68. The van der Waals surface area contributed by atoms with E-state index in [1.807, 2.05) is 6.07 Å². The normalized spacial score (nSPS) is 9.92. The zero-order valence-electron chi connectivity index (χ0n) is 6.20. The third kappa shape index (κ3) is 0.883. The van der Waals surface area contributed by atoms with E-state index in [0.717, 1.165) is 11.0 Å². The number of nitrogens with one attached hydrogen (secondary N) is 1. The van der Waals surface area contributed by atoms with Gasteiger partial charge in [0.05, 0.1) is 22.7 Å². The highest BCUT2D eigenvalue weighted by Gasteiger charge is 1.99. The van der Waals surface area contributed by atoms with Gasteiger partial charge in [0.2, 0.25) is 0 Å². The number of nitrogen functional groups attached to an aromatic ring is 1. The molecule has 0 atom stereocenters. The maximum atomic E-state index is 8.59. The predicted molar refractivity (Wildman–Crippen MR) is 45.2 cm³/mol. The van der Waals surface area contributed by atoms with E-state index >= 15 is 0 Å². The van der Waals surface area contributed by atoms with Gasteiger partial charge in [0.1, 0.15) is 0 Å². The number of hydrogen-bond acceptors (Lipinski definition) is 3. The lowest BCUT2D eigenvalue weighted by molar-refractivity contribution is 1.35. The number of nitrogens with two attached hydrogens (primary N) is 1. The number of aromatic nitrogens is 2. The van der Waals surface area contributed by atoms with Gasteiger partial charge >= 0.3 is 0 Å². The molecule has 12 heavy (non-hydrogen) atoms. The molecular weight excluding hydrogens is 152 g/mol. The molecule has 3 N–H and O–H groups in total. The molecule has 4 nitrogen and oxygen atoms in total. The lowest BCUT2D eigenvalue weighted by atomic mass is 10.2. The van der Waals surface area contributed by atoms with Gasteiger partial charge in [-0.15, -0.1) is 0 Å². The van der Waals surface area contributed by atoms with E-state index in [1.54, 1.807) is 18.2 Å². The highest BCUT2D eigenvalue weighted by atomic mass is 15.0. The van der Waals surface area contributed by atoms with Gasteiger partial charge in [0, 0.05) is 0 Å². The standard InChI is InChI=1S/C8H6N4/c9-4-5-1-2-6-7(3-5)12-8(10)11-6/h1-3H,(H3,10,11,12). The second kappa shape index (κ2) is 2.24. The van der Waals surface area contributed by atoms with Crippen LogP contribution >= 0.6 is 0 Å². The monoisotopic (exact) mass is 158 g/mol. The largest absolute Gasteiger partial charge is 0.369 e. The Morgan fingerprint density at radius 2 is 2.33 bits per heavy atom. The molecule has 1 heterocycles. The van der Waals surface area contributed by atoms with Crippen LogP contribution < -0.4 is 5.73 Å². The SMILES string of the molecule is N#Cc1ccc2nc(N)[nH]c2c1. The van der Waals surface area contributed by atoms with Crippen molar-refractivity contribution in [3.63, 3.8) is 0 Å². The molecule has 2 aromatic rings. The van der Waals surface area contributed by atoms with Crippen LogP contribution in [0.25, 0.3) is 11.0 Å². The molecule has 0 aliphatic rings. The summed E-state index contributed by atoms with van der Waals surface area (Å²) in [7, 11) is 0. The van der Waals surface area contributed by atoms with E-state index in [-0.39, 0.29) is 0 Å². The number of nitriles is 1.